The Bertz CT molecular complexity index is 515. The quantitative estimate of drug-likeness (QED) is 0.858. The van der Waals surface area contributed by atoms with Crippen LogP contribution in [0, 0.1) is 0 Å². The molecule has 2 aliphatic rings. The van der Waals surface area contributed by atoms with Gasteiger partial charge in [0.15, 0.2) is 0 Å². The Labute approximate surface area is 124 Å². The Balaban J connectivity index is 1.79. The Morgan fingerprint density at radius 1 is 1.50 bits per heavy atom. The molecule has 2 atom stereocenters. The van der Waals surface area contributed by atoms with Crippen molar-refractivity contribution in [3.8, 4) is 0 Å². The summed E-state index contributed by atoms with van der Waals surface area (Å²) in [5.41, 5.74) is 2.44. The van der Waals surface area contributed by atoms with Crippen LogP contribution >= 0.6 is 11.6 Å². The van der Waals surface area contributed by atoms with Gasteiger partial charge in [-0.1, -0.05) is 17.7 Å². The Morgan fingerprint density at radius 3 is 3.10 bits per heavy atom. The van der Waals surface area contributed by atoms with Crippen LogP contribution in [0.5, 0.6) is 0 Å². The maximum Gasteiger partial charge on any atom is 0.253 e. The van der Waals surface area contributed by atoms with E-state index in [0.717, 1.165) is 24.5 Å². The first kappa shape index (κ1) is 13.9. The number of rotatable bonds is 1. The van der Waals surface area contributed by atoms with E-state index in [2.05, 4.69) is 12.2 Å². The molecule has 0 aliphatic carbocycles. The van der Waals surface area contributed by atoms with Crippen molar-refractivity contribution in [2.24, 2.45) is 0 Å². The van der Waals surface area contributed by atoms with Crippen molar-refractivity contribution in [1.82, 2.24) is 10.2 Å². The van der Waals surface area contributed by atoms with Gasteiger partial charge in [-0.15, -0.1) is 0 Å². The Morgan fingerprint density at radius 2 is 2.35 bits per heavy atom. The molecule has 0 radical (unpaired) electrons. The number of nitrogens with one attached hydrogen (secondary N) is 1. The number of carbonyl (C=O) groups excluding carboxylic acids is 1. The molecule has 20 heavy (non-hydrogen) atoms. The molecule has 1 aromatic rings. The van der Waals surface area contributed by atoms with Gasteiger partial charge >= 0.3 is 0 Å². The number of carbonyl (C=O) groups is 1. The van der Waals surface area contributed by atoms with Crippen molar-refractivity contribution < 1.29 is 9.53 Å². The van der Waals surface area contributed by atoms with Gasteiger partial charge in [-0.25, -0.2) is 0 Å². The van der Waals surface area contributed by atoms with Crippen LogP contribution in [-0.2, 0) is 16.0 Å². The lowest BCUT2D eigenvalue weighted by atomic mass is 9.93. The van der Waals surface area contributed by atoms with Gasteiger partial charge in [-0.2, -0.15) is 0 Å². The summed E-state index contributed by atoms with van der Waals surface area (Å²) >= 11 is 6.04. The van der Waals surface area contributed by atoms with Crippen LogP contribution in [0.3, 0.4) is 0 Å². The minimum absolute atomic E-state index is 0.0778. The van der Waals surface area contributed by atoms with Gasteiger partial charge in [-0.05, 0) is 36.6 Å². The zero-order chi connectivity index (χ0) is 14.1. The second-order valence-electron chi connectivity index (χ2n) is 5.36. The van der Waals surface area contributed by atoms with E-state index in [1.807, 2.05) is 23.1 Å². The van der Waals surface area contributed by atoms with Crippen molar-refractivity contribution in [2.75, 3.05) is 26.2 Å². The third-order valence-electron chi connectivity index (χ3n) is 4.13. The predicted octanol–water partition coefficient (Wildman–Crippen LogP) is 1.77. The molecule has 5 heteroatoms. The molecule has 1 amide bonds. The van der Waals surface area contributed by atoms with E-state index < -0.39 is 0 Å². The van der Waals surface area contributed by atoms with Crippen molar-refractivity contribution >= 4 is 17.5 Å². The summed E-state index contributed by atoms with van der Waals surface area (Å²) < 4.78 is 5.57. The second kappa shape index (κ2) is 5.72. The van der Waals surface area contributed by atoms with Crippen LogP contribution in [0.1, 0.15) is 24.1 Å². The zero-order valence-corrected chi connectivity index (χ0v) is 12.3. The third-order valence-corrected chi connectivity index (χ3v) is 4.37. The van der Waals surface area contributed by atoms with Gasteiger partial charge in [0.25, 0.3) is 5.91 Å². The number of fused-ring (bicyclic) bond motifs is 1. The summed E-state index contributed by atoms with van der Waals surface area (Å²) in [6.07, 6.45) is 0.506. The predicted molar refractivity (Wildman–Crippen MR) is 77.9 cm³/mol. The molecule has 0 bridgehead atoms. The van der Waals surface area contributed by atoms with Crippen molar-refractivity contribution in [3.63, 3.8) is 0 Å². The molecule has 0 saturated carbocycles. The first-order valence-corrected chi connectivity index (χ1v) is 7.46. The van der Waals surface area contributed by atoms with Gasteiger partial charge < -0.3 is 15.0 Å². The van der Waals surface area contributed by atoms with Gasteiger partial charge in [0, 0.05) is 24.7 Å². The molecule has 0 aromatic heterocycles. The zero-order valence-electron chi connectivity index (χ0n) is 11.6. The van der Waals surface area contributed by atoms with Crippen molar-refractivity contribution in [1.29, 1.82) is 0 Å². The molecule has 108 valence electrons. The molecule has 2 aliphatic heterocycles. The SMILES string of the molecule is C[C@H]1c2ccc(Cl)cc2CCN1C(=O)[C@H]1CNCCO1. The van der Waals surface area contributed by atoms with Crippen molar-refractivity contribution in [2.45, 2.75) is 25.5 Å². The first-order chi connectivity index (χ1) is 9.66. The molecule has 1 saturated heterocycles. The summed E-state index contributed by atoms with van der Waals surface area (Å²) in [5, 5.41) is 3.97. The lowest BCUT2D eigenvalue weighted by molar-refractivity contribution is -0.147. The monoisotopic (exact) mass is 294 g/mol. The molecule has 1 N–H and O–H groups in total. The van der Waals surface area contributed by atoms with Gasteiger partial charge in [-0.3, -0.25) is 4.79 Å². The van der Waals surface area contributed by atoms with Gasteiger partial charge in [0.1, 0.15) is 6.10 Å². The lowest BCUT2D eigenvalue weighted by Crippen LogP contribution is -2.51. The van der Waals surface area contributed by atoms with E-state index >= 15 is 0 Å². The molecule has 1 aromatic carbocycles. The smallest absolute Gasteiger partial charge is 0.253 e. The molecule has 3 rings (SSSR count). The van der Waals surface area contributed by atoms with Gasteiger partial charge in [0.05, 0.1) is 12.6 Å². The highest BCUT2D eigenvalue weighted by Crippen LogP contribution is 2.31. The van der Waals surface area contributed by atoms with Crippen LogP contribution in [0.25, 0.3) is 0 Å². The fourth-order valence-electron chi connectivity index (χ4n) is 3.01. The summed E-state index contributed by atoms with van der Waals surface area (Å²) in [6, 6.07) is 6.01. The average molecular weight is 295 g/mol. The van der Waals surface area contributed by atoms with Crippen LogP contribution in [-0.4, -0.2) is 43.2 Å². The number of morpholine rings is 1. The maximum atomic E-state index is 12.6. The highest BCUT2D eigenvalue weighted by molar-refractivity contribution is 6.30. The minimum atomic E-state index is -0.347. The molecular weight excluding hydrogens is 276 g/mol. The summed E-state index contributed by atoms with van der Waals surface area (Å²) in [6.45, 7) is 4.83. The Hall–Kier alpha value is -1.10. The Kier molecular flexibility index (Phi) is 3.96. The molecule has 4 nitrogen and oxygen atoms in total. The van der Waals surface area contributed by atoms with E-state index in [1.54, 1.807) is 0 Å². The summed E-state index contributed by atoms with van der Waals surface area (Å²) in [7, 11) is 0. The maximum absolute atomic E-state index is 12.6. The summed E-state index contributed by atoms with van der Waals surface area (Å²) in [5.74, 6) is 0.0882. The summed E-state index contributed by atoms with van der Waals surface area (Å²) in [4.78, 5) is 14.5. The normalized spacial score (nSPS) is 26.2. The second-order valence-corrected chi connectivity index (χ2v) is 5.80. The molecular formula is C15H19ClN2O2. The highest BCUT2D eigenvalue weighted by Gasteiger charge is 2.33. The number of amides is 1. The number of hydrogen-bond acceptors (Lipinski definition) is 3. The van der Waals surface area contributed by atoms with E-state index in [9.17, 15) is 4.79 Å². The lowest BCUT2D eigenvalue weighted by Gasteiger charge is -2.38. The van der Waals surface area contributed by atoms with Crippen LogP contribution in [0.15, 0.2) is 18.2 Å². The van der Waals surface area contributed by atoms with Crippen LogP contribution in [0.2, 0.25) is 5.02 Å². The fraction of sp³-hybridized carbons (Fsp3) is 0.533. The minimum Gasteiger partial charge on any atom is -0.366 e. The van der Waals surface area contributed by atoms with Gasteiger partial charge in [0.2, 0.25) is 0 Å². The average Bonchev–Trinajstić information content (AvgIpc) is 2.48. The van der Waals surface area contributed by atoms with E-state index in [1.165, 1.54) is 11.1 Å². The van der Waals surface area contributed by atoms with Crippen LogP contribution < -0.4 is 5.32 Å². The third kappa shape index (κ3) is 2.55. The van der Waals surface area contributed by atoms with E-state index in [-0.39, 0.29) is 18.1 Å². The molecule has 0 spiro atoms. The topological polar surface area (TPSA) is 41.6 Å². The molecule has 0 unspecified atom stereocenters. The number of ether oxygens (including phenoxy) is 1. The standard InChI is InChI=1S/C15H19ClN2O2/c1-10-13-3-2-12(16)8-11(13)4-6-18(10)15(19)14-9-17-5-7-20-14/h2-3,8,10,14,17H,4-7,9H2,1H3/t10-,14+/m0/s1. The molecule has 2 heterocycles. The van der Waals surface area contributed by atoms with E-state index in [4.69, 9.17) is 16.3 Å². The fourth-order valence-corrected chi connectivity index (χ4v) is 3.21. The number of benzene rings is 1. The first-order valence-electron chi connectivity index (χ1n) is 7.08. The number of halogens is 1. The molecule has 1 fully saturated rings. The number of hydrogen-bond donors (Lipinski definition) is 1. The highest BCUT2D eigenvalue weighted by atomic mass is 35.5. The van der Waals surface area contributed by atoms with Crippen LogP contribution in [0.4, 0.5) is 0 Å². The number of nitrogens with zero attached hydrogens (tertiary/aromatic N) is 1. The largest absolute Gasteiger partial charge is 0.366 e. The van der Waals surface area contributed by atoms with Crippen molar-refractivity contribution in [3.05, 3.63) is 34.3 Å². The van der Waals surface area contributed by atoms with E-state index in [0.29, 0.717) is 13.2 Å².